The highest BCUT2D eigenvalue weighted by molar-refractivity contribution is 5.85. The van der Waals surface area contributed by atoms with E-state index in [2.05, 4.69) is 48.3 Å². The summed E-state index contributed by atoms with van der Waals surface area (Å²) in [4.78, 5) is 2.43. The van der Waals surface area contributed by atoms with Crippen LogP contribution in [0.3, 0.4) is 0 Å². The van der Waals surface area contributed by atoms with E-state index in [4.69, 9.17) is 5.26 Å². The highest BCUT2D eigenvalue weighted by Crippen LogP contribution is 2.27. The van der Waals surface area contributed by atoms with E-state index in [9.17, 15) is 0 Å². The summed E-state index contributed by atoms with van der Waals surface area (Å²) in [6, 6.07) is 9.14. The van der Waals surface area contributed by atoms with Crippen molar-refractivity contribution in [3.8, 4) is 6.07 Å². The highest BCUT2D eigenvalue weighted by atomic mass is 35.5. The summed E-state index contributed by atoms with van der Waals surface area (Å²) < 4.78 is 0. The molecule has 1 N–H and O–H groups in total. The summed E-state index contributed by atoms with van der Waals surface area (Å²) in [7, 11) is 0. The Labute approximate surface area is 134 Å². The average molecular weight is 316 g/mol. The molecule has 1 aliphatic heterocycles. The number of nitrogens with zero attached hydrogens (tertiary/aromatic N) is 2. The molecular formula is C15H23Cl2N3. The maximum atomic E-state index is 9.08. The standard InChI is InChI=1S/C15H21N3.2ClH/c1-12-3-4-14(13(2)11-12)15(5-6-16)18-9-7-17-8-10-18;;/h3-4,11,15,17H,5,7-10H2,1-2H3;2*1H/t15-;;/m0../s1. The molecule has 0 saturated carbocycles. The quantitative estimate of drug-likeness (QED) is 0.932. The third kappa shape index (κ3) is 4.64. The third-order valence-corrected chi connectivity index (χ3v) is 3.66. The van der Waals surface area contributed by atoms with Gasteiger partial charge in [-0.2, -0.15) is 5.26 Å². The number of hydrogen-bond donors (Lipinski definition) is 1. The number of nitrogens with one attached hydrogen (secondary N) is 1. The predicted octanol–water partition coefficient (Wildman–Crippen LogP) is 3.01. The molecule has 1 heterocycles. The largest absolute Gasteiger partial charge is 0.314 e. The molecular weight excluding hydrogens is 293 g/mol. The Bertz CT molecular complexity index is 451. The summed E-state index contributed by atoms with van der Waals surface area (Å²) in [6.45, 7) is 8.36. The molecule has 1 aromatic carbocycles. The molecule has 1 aliphatic rings. The van der Waals surface area contributed by atoms with Gasteiger partial charge in [0, 0.05) is 32.2 Å². The van der Waals surface area contributed by atoms with E-state index in [0.29, 0.717) is 6.42 Å². The van der Waals surface area contributed by atoms with E-state index in [1.807, 2.05) is 0 Å². The van der Waals surface area contributed by atoms with E-state index in [-0.39, 0.29) is 30.9 Å². The van der Waals surface area contributed by atoms with Crippen LogP contribution in [0, 0.1) is 25.2 Å². The first-order valence-corrected chi connectivity index (χ1v) is 6.61. The molecule has 0 spiro atoms. The molecule has 5 heteroatoms. The van der Waals surface area contributed by atoms with Crippen LogP contribution < -0.4 is 5.32 Å². The summed E-state index contributed by atoms with van der Waals surface area (Å²) in [5, 5.41) is 12.4. The summed E-state index contributed by atoms with van der Waals surface area (Å²) in [5.74, 6) is 0. The van der Waals surface area contributed by atoms with Gasteiger partial charge in [-0.05, 0) is 25.0 Å². The first-order chi connectivity index (χ1) is 8.72. The Balaban J connectivity index is 0.00000180. The van der Waals surface area contributed by atoms with Crippen LogP contribution in [0.4, 0.5) is 0 Å². The molecule has 0 radical (unpaired) electrons. The Morgan fingerprint density at radius 1 is 1.25 bits per heavy atom. The Morgan fingerprint density at radius 3 is 2.45 bits per heavy atom. The first kappa shape index (κ1) is 19.2. The molecule has 0 bridgehead atoms. The van der Waals surface area contributed by atoms with Crippen LogP contribution in [0.25, 0.3) is 0 Å². The van der Waals surface area contributed by atoms with Gasteiger partial charge in [-0.3, -0.25) is 4.90 Å². The molecule has 0 aromatic heterocycles. The van der Waals surface area contributed by atoms with Gasteiger partial charge in [0.1, 0.15) is 0 Å². The first-order valence-electron chi connectivity index (χ1n) is 6.61. The number of piperazine rings is 1. The normalized spacial score (nSPS) is 16.4. The lowest BCUT2D eigenvalue weighted by atomic mass is 9.96. The summed E-state index contributed by atoms with van der Waals surface area (Å²) in [6.07, 6.45) is 0.573. The van der Waals surface area contributed by atoms with Gasteiger partial charge >= 0.3 is 0 Å². The topological polar surface area (TPSA) is 39.1 Å². The highest BCUT2D eigenvalue weighted by Gasteiger charge is 2.23. The number of benzene rings is 1. The molecule has 2 rings (SSSR count). The Morgan fingerprint density at radius 2 is 1.90 bits per heavy atom. The van der Waals surface area contributed by atoms with Crippen molar-refractivity contribution < 1.29 is 0 Å². The van der Waals surface area contributed by atoms with Gasteiger partial charge in [0.2, 0.25) is 0 Å². The number of halogens is 2. The lowest BCUT2D eigenvalue weighted by molar-refractivity contribution is 0.175. The van der Waals surface area contributed by atoms with E-state index in [0.717, 1.165) is 26.2 Å². The lowest BCUT2D eigenvalue weighted by Gasteiger charge is -2.34. The van der Waals surface area contributed by atoms with Crippen LogP contribution in [-0.2, 0) is 0 Å². The second kappa shape index (κ2) is 9.20. The van der Waals surface area contributed by atoms with Crippen LogP contribution >= 0.6 is 24.8 Å². The van der Waals surface area contributed by atoms with Gasteiger partial charge in [0.25, 0.3) is 0 Å². The molecule has 0 aliphatic carbocycles. The second-order valence-corrected chi connectivity index (χ2v) is 5.02. The fourth-order valence-corrected chi connectivity index (χ4v) is 2.72. The van der Waals surface area contributed by atoms with Crippen LogP contribution in [0.5, 0.6) is 0 Å². The van der Waals surface area contributed by atoms with E-state index >= 15 is 0 Å². The van der Waals surface area contributed by atoms with Gasteiger partial charge in [0.15, 0.2) is 0 Å². The number of rotatable bonds is 3. The minimum atomic E-state index is 0. The second-order valence-electron chi connectivity index (χ2n) is 5.02. The van der Waals surface area contributed by atoms with Crippen molar-refractivity contribution in [1.29, 1.82) is 5.26 Å². The zero-order valence-corrected chi connectivity index (χ0v) is 13.7. The zero-order chi connectivity index (χ0) is 13.0. The van der Waals surface area contributed by atoms with Crippen molar-refractivity contribution in [3.05, 3.63) is 34.9 Å². The van der Waals surface area contributed by atoms with Crippen molar-refractivity contribution in [3.63, 3.8) is 0 Å². The molecule has 0 unspecified atom stereocenters. The van der Waals surface area contributed by atoms with Gasteiger partial charge in [0.05, 0.1) is 12.5 Å². The van der Waals surface area contributed by atoms with Crippen molar-refractivity contribution in [2.24, 2.45) is 0 Å². The molecule has 1 atom stereocenters. The lowest BCUT2D eigenvalue weighted by Crippen LogP contribution is -2.45. The SMILES string of the molecule is Cc1ccc([C@H](CC#N)N2CCNCC2)c(C)c1.Cl.Cl. The van der Waals surface area contributed by atoms with E-state index < -0.39 is 0 Å². The van der Waals surface area contributed by atoms with Crippen LogP contribution in [-0.4, -0.2) is 31.1 Å². The van der Waals surface area contributed by atoms with Crippen molar-refractivity contribution in [2.45, 2.75) is 26.3 Å². The fraction of sp³-hybridized carbons (Fsp3) is 0.533. The average Bonchev–Trinajstić information content (AvgIpc) is 2.38. The zero-order valence-electron chi connectivity index (χ0n) is 12.1. The van der Waals surface area contributed by atoms with Gasteiger partial charge in [-0.25, -0.2) is 0 Å². The summed E-state index contributed by atoms with van der Waals surface area (Å²) >= 11 is 0. The minimum absolute atomic E-state index is 0. The molecule has 1 saturated heterocycles. The molecule has 20 heavy (non-hydrogen) atoms. The third-order valence-electron chi connectivity index (χ3n) is 3.66. The predicted molar refractivity (Wildman–Crippen MR) is 87.8 cm³/mol. The molecule has 0 amide bonds. The van der Waals surface area contributed by atoms with Crippen molar-refractivity contribution >= 4 is 24.8 Å². The smallest absolute Gasteiger partial charge is 0.0641 e. The minimum Gasteiger partial charge on any atom is -0.314 e. The Hall–Kier alpha value is -0.790. The fourth-order valence-electron chi connectivity index (χ4n) is 2.72. The van der Waals surface area contributed by atoms with Gasteiger partial charge < -0.3 is 5.32 Å². The monoisotopic (exact) mass is 315 g/mol. The van der Waals surface area contributed by atoms with Crippen molar-refractivity contribution in [2.75, 3.05) is 26.2 Å². The Kier molecular flexibility index (Phi) is 8.84. The maximum absolute atomic E-state index is 9.08. The van der Waals surface area contributed by atoms with Crippen molar-refractivity contribution in [1.82, 2.24) is 10.2 Å². The summed E-state index contributed by atoms with van der Waals surface area (Å²) in [5.41, 5.74) is 3.89. The van der Waals surface area contributed by atoms with Gasteiger partial charge in [-0.15, -0.1) is 24.8 Å². The molecule has 3 nitrogen and oxygen atoms in total. The molecule has 112 valence electrons. The van der Waals surface area contributed by atoms with Crippen LogP contribution in [0.15, 0.2) is 18.2 Å². The van der Waals surface area contributed by atoms with Gasteiger partial charge in [-0.1, -0.05) is 23.8 Å². The van der Waals surface area contributed by atoms with Crippen LogP contribution in [0.1, 0.15) is 29.2 Å². The number of hydrogen-bond acceptors (Lipinski definition) is 3. The van der Waals surface area contributed by atoms with E-state index in [1.165, 1.54) is 16.7 Å². The molecule has 1 aromatic rings. The van der Waals surface area contributed by atoms with Crippen LogP contribution in [0.2, 0.25) is 0 Å². The maximum Gasteiger partial charge on any atom is 0.0641 e. The number of aryl methyl sites for hydroxylation is 2. The van der Waals surface area contributed by atoms with E-state index in [1.54, 1.807) is 0 Å². The molecule has 1 fully saturated rings. The number of nitriles is 1.